The van der Waals surface area contributed by atoms with Gasteiger partial charge in [-0.25, -0.2) is 58.3 Å². The van der Waals surface area contributed by atoms with Gasteiger partial charge in [-0.05, 0) is 195 Å². The average Bonchev–Trinajstić information content (AvgIpc) is 1.66. The van der Waals surface area contributed by atoms with Gasteiger partial charge in [0, 0.05) is 134 Å². The third kappa shape index (κ3) is 40.3. The number of carbonyl (C=O) groups is 2. The van der Waals surface area contributed by atoms with Crippen LogP contribution < -0.4 is 40.7 Å². The first-order valence-electron chi connectivity index (χ1n) is 47.1. The number of benzene rings is 9. The normalized spacial score (nSPS) is 11.5. The third-order valence-electron chi connectivity index (χ3n) is 20.9. The Kier molecular flexibility index (Phi) is 47.5. The molecule has 0 radical (unpaired) electrons. The summed E-state index contributed by atoms with van der Waals surface area (Å²) in [6, 6.07) is 75.3. The van der Waals surface area contributed by atoms with Crippen molar-refractivity contribution in [1.82, 2.24) is 79.7 Å². The smallest absolute Gasteiger partial charge is 0.306 e. The fraction of sp³-hybridized carbons (Fsp3) is 0.363. The molecule has 0 bridgehead atoms. The number of ether oxygens (including phenoxy) is 7. The van der Waals surface area contributed by atoms with Gasteiger partial charge in [-0.2, -0.15) is 25.5 Å². The maximum atomic E-state index is 13.2. The molecule has 5 heterocycles. The van der Waals surface area contributed by atoms with E-state index in [9.17, 15) is 23.5 Å². The van der Waals surface area contributed by atoms with Crippen molar-refractivity contribution in [1.29, 1.82) is 5.41 Å². The van der Waals surface area contributed by atoms with Crippen molar-refractivity contribution in [2.45, 2.75) is 211 Å². The van der Waals surface area contributed by atoms with E-state index in [1.54, 1.807) is 67.7 Å². The first-order chi connectivity index (χ1) is 67.3. The number of phenolic OH excluding ortho intramolecular Hbond substituents is 1. The maximum absolute atomic E-state index is 13.2. The van der Waals surface area contributed by atoms with Gasteiger partial charge in [0.2, 0.25) is 11.8 Å². The molecule has 0 aliphatic carbocycles. The van der Waals surface area contributed by atoms with Crippen LogP contribution in [-0.2, 0) is 115 Å². The van der Waals surface area contributed by atoms with Gasteiger partial charge in [0.25, 0.3) is 0 Å². The number of nitrogens with one attached hydrogen (secondary N) is 3. The van der Waals surface area contributed by atoms with Gasteiger partial charge in [0.15, 0.2) is 52.4 Å². The number of nitrogens with zero attached hydrogens (tertiary/aromatic N) is 14. The number of methoxy groups -OCH3 is 1. The number of hydrogen-bond acceptors (Lipinski definition) is 23. The Hall–Kier alpha value is -13.9. The van der Waals surface area contributed by atoms with Gasteiger partial charge in [-0.15, -0.1) is 12.4 Å². The molecule has 33 heteroatoms. The number of hydrazine groups is 1. The predicted octanol–water partition coefficient (Wildman–Crippen LogP) is 23.4. The molecule has 29 nitrogen and oxygen atoms in total. The van der Waals surface area contributed by atoms with Gasteiger partial charge < -0.3 is 51.4 Å². The summed E-state index contributed by atoms with van der Waals surface area (Å²) in [4.78, 5) is 45.5. The molecule has 146 heavy (non-hydrogen) atoms. The minimum absolute atomic E-state index is 0. The minimum Gasteiger partial charge on any atom is -0.508 e. The van der Waals surface area contributed by atoms with E-state index in [2.05, 4.69) is 189 Å². The molecule has 0 spiro atoms. The number of esters is 1. The number of carbonyl (C=O) groups excluding carboxylic acids is 2. The van der Waals surface area contributed by atoms with Crippen molar-refractivity contribution < 1.29 is 77.7 Å². The Labute approximate surface area is 880 Å². The minimum atomic E-state index is -0.550. The van der Waals surface area contributed by atoms with E-state index in [-0.39, 0.29) is 130 Å². The van der Waals surface area contributed by atoms with Crippen molar-refractivity contribution in [3.63, 3.8) is 0 Å². The molecule has 14 rings (SSSR count). The SMILES string of the molecule is CC(C)(C)C(=O)NN.CC(C)(C)c1nc(-c2ccc(OCc3ccccc3)cc2)n[nH]1.COC(=N)c1ccc(OCc2ccccc2)cc1.Cl.Cn1nc(C(C)(C)C)nc1-c1ccc(O)cc1.Cn1nc(C(C)(C)C)nc1-c1ccc(OC/C(=C/F)CCC(=O)OC(C)(C)C)cc1.Cn1nc(C(C)(C)C)nc1-c1ccc(OC/C(=C/F)CN)cc1.Cn1nc(C(C)(C)C)nc1-c1ccc(OCc2ccccc2)cc1.[CH3-].[W]. The Balaban J connectivity index is 0.000000304. The van der Waals surface area contributed by atoms with Crippen LogP contribution in [0.5, 0.6) is 34.5 Å². The first kappa shape index (κ1) is 123. The number of halogens is 3. The third-order valence-corrected chi connectivity index (χ3v) is 20.9. The zero-order chi connectivity index (χ0) is 105. The molecule has 0 saturated carbocycles. The quantitative estimate of drug-likeness (QED) is 0.00588. The Bertz CT molecular complexity index is 6350. The maximum Gasteiger partial charge on any atom is 0.306 e. The second-order valence-electron chi connectivity index (χ2n) is 40.9. The molecular weight excluding hydrogens is 2040 g/mol. The van der Waals surface area contributed by atoms with Crippen LogP contribution in [0.1, 0.15) is 210 Å². The molecule has 14 aromatic rings. The van der Waals surface area contributed by atoms with Crippen LogP contribution in [0.2, 0.25) is 0 Å². The number of nitrogens with two attached hydrogens (primary N) is 2. The Morgan fingerprint density at radius 3 is 0.966 bits per heavy atom. The number of rotatable bonds is 25. The van der Waals surface area contributed by atoms with E-state index in [0.717, 1.165) is 120 Å². The number of H-pyrrole nitrogens is 1. The zero-order valence-corrected chi connectivity index (χ0v) is 93.2. The second kappa shape index (κ2) is 56.6. The van der Waals surface area contributed by atoms with Crippen molar-refractivity contribution in [2.75, 3.05) is 26.9 Å². The molecule has 5 aromatic heterocycles. The van der Waals surface area contributed by atoms with Gasteiger partial charge in [0.05, 0.1) is 19.8 Å². The van der Waals surface area contributed by atoms with E-state index in [1.165, 1.54) is 7.11 Å². The van der Waals surface area contributed by atoms with Gasteiger partial charge >= 0.3 is 5.97 Å². The van der Waals surface area contributed by atoms with Crippen LogP contribution in [0, 0.1) is 18.3 Å². The molecule has 0 fully saturated rings. The van der Waals surface area contributed by atoms with Crippen LogP contribution >= 0.6 is 12.4 Å². The number of aryl methyl sites for hydroxylation is 4. The van der Waals surface area contributed by atoms with Crippen molar-refractivity contribution in [3.05, 3.63) is 319 Å². The van der Waals surface area contributed by atoms with Crippen LogP contribution in [0.15, 0.2) is 260 Å². The zero-order valence-electron chi connectivity index (χ0n) is 89.4. The van der Waals surface area contributed by atoms with Crippen LogP contribution in [0.4, 0.5) is 8.78 Å². The first-order valence-corrected chi connectivity index (χ1v) is 47.1. The fourth-order valence-electron chi connectivity index (χ4n) is 12.5. The molecule has 0 atom stereocenters. The summed E-state index contributed by atoms with van der Waals surface area (Å²) < 4.78 is 71.3. The standard InChI is InChI=1S/C23H32FN3O3.C20H23N3O.C19H21N3O.C17H23FN4O.C15H15NO2.C13H17N3O.C5H12N2O.CH3.ClH.W/c1-22(2,3)21-25-20(27(7)26-21)17-9-11-18(12-10-17)29-15-16(14-24)8-13-19(28)30-23(4,5)6;1-20(2,3)19-21-18(23(4)22-19)16-10-12-17(13-11-16)24-14-15-8-6-5-7-9-15;1-19(2,3)18-20-17(21-22-18)15-9-11-16(12-10-15)23-13-14-7-5-4-6-8-14;1-17(2,3)16-20-15(22(4)21-16)13-5-7-14(8-6-13)23-11-12(9-18)10-19;1-17-15(16)13-7-9-14(10-8-13)18-11-12-5-3-2-4-6-12;1-13(2,3)12-14-11(16(4)15-12)9-5-7-10(17)8-6-9;1-5(2,3)4(8)7-6;;;/h9-12,14H,8,13,15H2,1-7H3;5-13H,14H2,1-4H3;4-12H,13H2,1-3H3,(H,20,21,22);5-9H,10-11,19H2,1-4H3;2-10,16H,11H2,1H3;5-8,17H,1-4H3;6H2,1-3H3,(H,7,8);1H3;1H;/q;;;;;;;-1;;/b16-14+;;;12-9+;;;;;;. The van der Waals surface area contributed by atoms with Crippen molar-refractivity contribution in [2.24, 2.45) is 45.2 Å². The van der Waals surface area contributed by atoms with E-state index < -0.39 is 5.60 Å². The number of amides is 1. The number of aromatic hydroxyl groups is 1. The van der Waals surface area contributed by atoms with E-state index in [1.807, 2.05) is 233 Å². The fourth-order valence-corrected chi connectivity index (χ4v) is 12.5. The molecule has 9 aromatic carbocycles. The average molecular weight is 2190 g/mol. The second-order valence-corrected chi connectivity index (χ2v) is 40.9. The summed E-state index contributed by atoms with van der Waals surface area (Å²) in [5, 5.41) is 42.0. The van der Waals surface area contributed by atoms with Crippen molar-refractivity contribution >= 4 is 30.2 Å². The monoisotopic (exact) mass is 2190 g/mol. The molecular formula is C113H147ClF2N19O10W-. The largest absolute Gasteiger partial charge is 0.508 e. The molecule has 0 aliphatic rings. The molecule has 782 valence electrons. The van der Waals surface area contributed by atoms with Crippen LogP contribution in [-0.4, -0.2) is 130 Å². The van der Waals surface area contributed by atoms with Crippen LogP contribution in [0.25, 0.3) is 56.9 Å². The van der Waals surface area contributed by atoms with Gasteiger partial charge in [0.1, 0.15) is 79.0 Å². The van der Waals surface area contributed by atoms with Crippen molar-refractivity contribution in [3.8, 4) is 91.4 Å². The molecule has 0 unspecified atom stereocenters. The molecule has 8 N–H and O–H groups in total. The Morgan fingerprint density at radius 2 is 0.712 bits per heavy atom. The van der Waals surface area contributed by atoms with E-state index in [0.29, 0.717) is 60.9 Å². The Morgan fingerprint density at radius 1 is 0.418 bits per heavy atom. The summed E-state index contributed by atoms with van der Waals surface area (Å²) in [7, 11) is 9.04. The number of aromatic amines is 1. The number of phenols is 1. The van der Waals surface area contributed by atoms with E-state index in [4.69, 9.17) is 50.1 Å². The summed E-state index contributed by atoms with van der Waals surface area (Å²) >= 11 is 0. The van der Waals surface area contributed by atoms with Gasteiger partial charge in [-0.3, -0.25) is 25.5 Å². The summed E-state index contributed by atoms with van der Waals surface area (Å²) in [5.41, 5.74) is 16.0. The number of hydrogen-bond donors (Lipinski definition) is 6. The summed E-state index contributed by atoms with van der Waals surface area (Å²) in [6.45, 7) is 44.2. The topological polar surface area (TPSA) is 371 Å². The summed E-state index contributed by atoms with van der Waals surface area (Å²) in [5.74, 6) is 16.6. The predicted molar refractivity (Wildman–Crippen MR) is 574 cm³/mol. The summed E-state index contributed by atoms with van der Waals surface area (Å²) in [6.07, 6.45) is 1.34. The molecule has 0 aliphatic heterocycles. The molecule has 0 saturated heterocycles. The van der Waals surface area contributed by atoms with Crippen LogP contribution in [0.3, 0.4) is 0 Å². The van der Waals surface area contributed by atoms with Gasteiger partial charge in [-0.1, -0.05) is 216 Å². The number of aromatic nitrogens is 15. The van der Waals surface area contributed by atoms with E-state index >= 15 is 0 Å². The molecule has 1 amide bonds.